The number of hydrogen-bond acceptors (Lipinski definition) is 1. The summed E-state index contributed by atoms with van der Waals surface area (Å²) in [5.74, 6) is 0.357. The Morgan fingerprint density at radius 3 is 2.56 bits per heavy atom. The van der Waals surface area contributed by atoms with Crippen LogP contribution >= 0.6 is 0 Å². The average molecular weight is 214 g/mol. The van der Waals surface area contributed by atoms with Gasteiger partial charge in [-0.05, 0) is 12.5 Å². The lowest BCUT2D eigenvalue weighted by molar-refractivity contribution is -0.696. The van der Waals surface area contributed by atoms with Gasteiger partial charge in [0.05, 0.1) is 5.56 Å². The maximum atomic E-state index is 9.42. The minimum Gasteiger partial charge on any atom is -0.507 e. The van der Waals surface area contributed by atoms with Crippen molar-refractivity contribution < 1.29 is 9.67 Å². The molecule has 1 N–H and O–H groups in total. The van der Waals surface area contributed by atoms with Crippen LogP contribution in [0.5, 0.6) is 5.75 Å². The highest BCUT2D eigenvalue weighted by atomic mass is 16.3. The summed E-state index contributed by atoms with van der Waals surface area (Å²) in [5, 5.41) is 9.42. The van der Waals surface area contributed by atoms with Crippen LogP contribution in [-0.4, -0.2) is 5.11 Å². The van der Waals surface area contributed by atoms with Gasteiger partial charge in [-0.25, -0.2) is 4.57 Å². The highest BCUT2D eigenvalue weighted by Gasteiger charge is 2.04. The van der Waals surface area contributed by atoms with Gasteiger partial charge < -0.3 is 5.11 Å². The van der Waals surface area contributed by atoms with Crippen molar-refractivity contribution in [2.75, 3.05) is 0 Å². The summed E-state index contributed by atoms with van der Waals surface area (Å²) in [7, 11) is 0. The van der Waals surface area contributed by atoms with E-state index in [4.69, 9.17) is 0 Å². The Balaban J connectivity index is 2.03. The van der Waals surface area contributed by atoms with E-state index in [0.717, 1.165) is 18.5 Å². The van der Waals surface area contributed by atoms with Crippen molar-refractivity contribution in [3.63, 3.8) is 0 Å². The molecule has 1 aromatic carbocycles. The first-order chi connectivity index (χ1) is 7.75. The summed E-state index contributed by atoms with van der Waals surface area (Å²) in [6.07, 6.45) is 4.89. The number of rotatable bonds is 3. The smallest absolute Gasteiger partial charge is 0.175 e. The van der Waals surface area contributed by atoms with Crippen molar-refractivity contribution in [2.24, 2.45) is 0 Å². The topological polar surface area (TPSA) is 24.1 Å². The number of aromatic hydroxyl groups is 1. The van der Waals surface area contributed by atoms with Gasteiger partial charge in [-0.1, -0.05) is 30.3 Å². The van der Waals surface area contributed by atoms with E-state index in [2.05, 4.69) is 28.8 Å². The maximum Gasteiger partial charge on any atom is 0.175 e. The van der Waals surface area contributed by atoms with Crippen LogP contribution in [0.15, 0.2) is 48.8 Å². The molecule has 2 rings (SSSR count). The number of nitrogens with zero attached hydrogens (tertiary/aromatic N) is 1. The number of pyridine rings is 1. The predicted octanol–water partition coefficient (Wildman–Crippen LogP) is 2.23. The Bertz CT molecular complexity index is 465. The molecule has 0 radical (unpaired) electrons. The lowest BCUT2D eigenvalue weighted by Gasteiger charge is -2.00. The fraction of sp³-hybridized carbons (Fsp3) is 0.214. The predicted molar refractivity (Wildman–Crippen MR) is 63.2 cm³/mol. The number of benzene rings is 1. The monoisotopic (exact) mass is 214 g/mol. The zero-order chi connectivity index (χ0) is 11.4. The Labute approximate surface area is 95.8 Å². The first-order valence-corrected chi connectivity index (χ1v) is 5.48. The van der Waals surface area contributed by atoms with Crippen LogP contribution in [0.1, 0.15) is 11.1 Å². The van der Waals surface area contributed by atoms with E-state index in [1.165, 1.54) is 5.56 Å². The fourth-order valence-electron chi connectivity index (χ4n) is 1.70. The van der Waals surface area contributed by atoms with Gasteiger partial charge in [-0.2, -0.15) is 0 Å². The Kier molecular flexibility index (Phi) is 3.20. The first kappa shape index (κ1) is 10.7. The number of aryl methyl sites for hydroxylation is 3. The Hall–Kier alpha value is -1.83. The molecule has 82 valence electrons. The van der Waals surface area contributed by atoms with Crippen molar-refractivity contribution in [1.29, 1.82) is 0 Å². The minimum absolute atomic E-state index is 0.357. The van der Waals surface area contributed by atoms with E-state index in [9.17, 15) is 5.11 Å². The Morgan fingerprint density at radius 2 is 1.88 bits per heavy atom. The molecular weight excluding hydrogens is 198 g/mol. The van der Waals surface area contributed by atoms with Crippen LogP contribution in [0, 0.1) is 6.92 Å². The average Bonchev–Trinajstić information content (AvgIpc) is 2.32. The van der Waals surface area contributed by atoms with Crippen molar-refractivity contribution in [1.82, 2.24) is 0 Å². The molecule has 0 aliphatic rings. The van der Waals surface area contributed by atoms with Gasteiger partial charge in [-0.3, -0.25) is 0 Å². The highest BCUT2D eigenvalue weighted by molar-refractivity contribution is 5.24. The van der Waals surface area contributed by atoms with Gasteiger partial charge in [0.25, 0.3) is 0 Å². The molecule has 2 aromatic rings. The first-order valence-electron chi connectivity index (χ1n) is 5.48. The van der Waals surface area contributed by atoms with Crippen LogP contribution < -0.4 is 4.57 Å². The summed E-state index contributed by atoms with van der Waals surface area (Å²) in [5.41, 5.74) is 2.25. The van der Waals surface area contributed by atoms with Gasteiger partial charge in [0.2, 0.25) is 0 Å². The molecule has 2 nitrogen and oxygen atoms in total. The van der Waals surface area contributed by atoms with E-state index in [0.29, 0.717) is 5.75 Å². The third-order valence-electron chi connectivity index (χ3n) is 2.69. The molecule has 0 bridgehead atoms. The molecule has 16 heavy (non-hydrogen) atoms. The van der Waals surface area contributed by atoms with Crippen molar-refractivity contribution in [3.8, 4) is 5.75 Å². The lowest BCUT2D eigenvalue weighted by atomic mass is 10.1. The molecule has 0 saturated heterocycles. The summed E-state index contributed by atoms with van der Waals surface area (Å²) >= 11 is 0. The van der Waals surface area contributed by atoms with Gasteiger partial charge in [0, 0.05) is 12.5 Å². The van der Waals surface area contributed by atoms with E-state index >= 15 is 0 Å². The van der Waals surface area contributed by atoms with E-state index in [1.54, 1.807) is 6.07 Å². The van der Waals surface area contributed by atoms with Crippen LogP contribution in [0.25, 0.3) is 0 Å². The highest BCUT2D eigenvalue weighted by Crippen LogP contribution is 2.10. The second-order valence-corrected chi connectivity index (χ2v) is 3.99. The largest absolute Gasteiger partial charge is 0.507 e. The molecular formula is C14H16NO+. The molecule has 0 fully saturated rings. The van der Waals surface area contributed by atoms with Crippen LogP contribution in [0.3, 0.4) is 0 Å². The standard InChI is InChI=1S/C14H15NO/c1-12-11-15(10-8-14(12)16)9-7-13-5-3-2-4-6-13/h2-6,8,10-11H,7,9H2,1H3/p+1. The number of hydrogen-bond donors (Lipinski definition) is 1. The summed E-state index contributed by atoms with van der Waals surface area (Å²) in [6.45, 7) is 2.85. The Morgan fingerprint density at radius 1 is 1.12 bits per heavy atom. The summed E-state index contributed by atoms with van der Waals surface area (Å²) in [4.78, 5) is 0. The molecule has 1 aromatic heterocycles. The number of aromatic nitrogens is 1. The van der Waals surface area contributed by atoms with Gasteiger partial charge in [0.15, 0.2) is 18.9 Å². The third-order valence-corrected chi connectivity index (χ3v) is 2.69. The van der Waals surface area contributed by atoms with E-state index in [1.807, 2.05) is 25.4 Å². The van der Waals surface area contributed by atoms with Gasteiger partial charge in [-0.15, -0.1) is 0 Å². The van der Waals surface area contributed by atoms with Crippen molar-refractivity contribution >= 4 is 0 Å². The minimum atomic E-state index is 0.357. The van der Waals surface area contributed by atoms with Crippen molar-refractivity contribution in [3.05, 3.63) is 59.9 Å². The normalized spacial score (nSPS) is 10.3. The molecule has 1 heterocycles. The van der Waals surface area contributed by atoms with Crippen LogP contribution in [0.2, 0.25) is 0 Å². The molecule has 0 unspecified atom stereocenters. The lowest BCUT2D eigenvalue weighted by Crippen LogP contribution is -2.34. The maximum absolute atomic E-state index is 9.42. The SMILES string of the molecule is Cc1c[n+](CCc2ccccc2)ccc1O. The van der Waals surface area contributed by atoms with E-state index < -0.39 is 0 Å². The molecule has 0 aliphatic heterocycles. The summed E-state index contributed by atoms with van der Waals surface area (Å²) in [6, 6.07) is 12.1. The second kappa shape index (κ2) is 4.79. The van der Waals surface area contributed by atoms with E-state index in [-0.39, 0.29) is 0 Å². The molecule has 0 saturated carbocycles. The van der Waals surface area contributed by atoms with Crippen LogP contribution in [-0.2, 0) is 13.0 Å². The molecule has 0 spiro atoms. The molecule has 0 amide bonds. The van der Waals surface area contributed by atoms with Gasteiger partial charge in [0.1, 0.15) is 5.75 Å². The fourth-order valence-corrected chi connectivity index (χ4v) is 1.70. The second-order valence-electron chi connectivity index (χ2n) is 3.99. The molecule has 0 atom stereocenters. The van der Waals surface area contributed by atoms with Crippen LogP contribution in [0.4, 0.5) is 0 Å². The van der Waals surface area contributed by atoms with Gasteiger partial charge >= 0.3 is 0 Å². The zero-order valence-corrected chi connectivity index (χ0v) is 9.43. The van der Waals surface area contributed by atoms with Crippen molar-refractivity contribution in [2.45, 2.75) is 19.9 Å². The third kappa shape index (κ3) is 2.60. The molecule has 2 heteroatoms. The summed E-state index contributed by atoms with van der Waals surface area (Å²) < 4.78 is 2.10. The zero-order valence-electron chi connectivity index (χ0n) is 9.43. The quantitative estimate of drug-likeness (QED) is 0.778. The molecule has 0 aliphatic carbocycles.